The highest BCUT2D eigenvalue weighted by atomic mass is 35.5. The second kappa shape index (κ2) is 15.4. The van der Waals surface area contributed by atoms with Gasteiger partial charge < -0.3 is 15.5 Å². The molecule has 6 nitrogen and oxygen atoms in total. The number of carbonyl (C=O) groups is 1. The summed E-state index contributed by atoms with van der Waals surface area (Å²) in [6, 6.07) is 7.90. The smallest absolute Gasteiger partial charge is 0.255 e. The summed E-state index contributed by atoms with van der Waals surface area (Å²) in [5.74, 6) is 1.39. The lowest BCUT2D eigenvalue weighted by Gasteiger charge is -2.11. The molecule has 1 aromatic carbocycles. The molecule has 0 saturated heterocycles. The highest BCUT2D eigenvalue weighted by molar-refractivity contribution is 6.20. The van der Waals surface area contributed by atoms with Crippen LogP contribution in [0.25, 0.3) is 0 Å². The monoisotopic (exact) mass is 511 g/mol. The predicted molar refractivity (Wildman–Crippen MR) is 153 cm³/mol. The summed E-state index contributed by atoms with van der Waals surface area (Å²) >= 11 is 6.28. The van der Waals surface area contributed by atoms with Crippen LogP contribution in [0, 0.1) is 22.7 Å². The molecule has 4 N–H and O–H groups in total. The van der Waals surface area contributed by atoms with Crippen molar-refractivity contribution in [2.24, 2.45) is 11.8 Å². The zero-order chi connectivity index (χ0) is 26.5. The van der Waals surface area contributed by atoms with Gasteiger partial charge in [-0.05, 0) is 93.2 Å². The molecule has 0 aliphatic heterocycles. The third-order valence-electron chi connectivity index (χ3n) is 6.24. The van der Waals surface area contributed by atoms with E-state index in [0.29, 0.717) is 5.57 Å². The van der Waals surface area contributed by atoms with Crippen molar-refractivity contribution in [1.29, 1.82) is 10.8 Å². The van der Waals surface area contributed by atoms with E-state index in [1.165, 1.54) is 36.2 Å². The molecule has 2 aliphatic carbocycles. The highest BCUT2D eigenvalue weighted by Gasteiger charge is 2.23. The third kappa shape index (κ3) is 11.8. The van der Waals surface area contributed by atoms with Gasteiger partial charge in [-0.2, -0.15) is 0 Å². The van der Waals surface area contributed by atoms with Crippen LogP contribution >= 0.6 is 11.6 Å². The zero-order valence-corrected chi connectivity index (χ0v) is 22.7. The van der Waals surface area contributed by atoms with E-state index >= 15 is 0 Å². The van der Waals surface area contributed by atoms with E-state index in [1.807, 2.05) is 30.3 Å². The number of halogens is 1. The summed E-state index contributed by atoms with van der Waals surface area (Å²) in [6.45, 7) is 10.1. The molecule has 0 aromatic heterocycles. The highest BCUT2D eigenvalue weighted by Crippen LogP contribution is 2.36. The van der Waals surface area contributed by atoms with Gasteiger partial charge in [-0.1, -0.05) is 37.3 Å². The maximum absolute atomic E-state index is 12.7. The van der Waals surface area contributed by atoms with Crippen LogP contribution in [-0.2, 0) is 11.2 Å². The molecule has 1 amide bonds. The number of nitrogens with one attached hydrogen (secondary N) is 4. The second-order valence-electron chi connectivity index (χ2n) is 9.77. The van der Waals surface area contributed by atoms with Gasteiger partial charge in [-0.3, -0.25) is 15.6 Å². The Morgan fingerprint density at radius 1 is 1.22 bits per heavy atom. The van der Waals surface area contributed by atoms with E-state index in [9.17, 15) is 4.79 Å². The molecular weight excluding hydrogens is 470 g/mol. The number of benzene rings is 1. The Morgan fingerprint density at radius 2 is 1.92 bits per heavy atom. The molecule has 2 saturated carbocycles. The van der Waals surface area contributed by atoms with Crippen molar-refractivity contribution in [3.05, 3.63) is 65.3 Å². The molecule has 2 aliphatic rings. The number of nitrogens with zero attached hydrogens (tertiary/aromatic N) is 1. The topological polar surface area (TPSA) is 92.1 Å². The summed E-state index contributed by atoms with van der Waals surface area (Å²) in [6.07, 6.45) is 13.2. The number of hydrogen-bond acceptors (Lipinski definition) is 4. The molecule has 1 unspecified atom stereocenters. The number of amides is 1. The first-order valence-electron chi connectivity index (χ1n) is 12.8. The van der Waals surface area contributed by atoms with E-state index in [0.717, 1.165) is 67.3 Å². The molecule has 0 spiro atoms. The molecule has 36 heavy (non-hydrogen) atoms. The fourth-order valence-electron chi connectivity index (χ4n) is 3.55. The van der Waals surface area contributed by atoms with Crippen LogP contribution in [0.2, 0.25) is 0 Å². The molecule has 2 fully saturated rings. The molecule has 0 radical (unpaired) electrons. The van der Waals surface area contributed by atoms with Gasteiger partial charge in [0.25, 0.3) is 5.91 Å². The van der Waals surface area contributed by atoms with Gasteiger partial charge in [0.2, 0.25) is 0 Å². The molecule has 0 bridgehead atoms. The zero-order valence-electron chi connectivity index (χ0n) is 21.9. The van der Waals surface area contributed by atoms with Gasteiger partial charge in [-0.25, -0.2) is 0 Å². The SMILES string of the molecule is C=C(/C=C(\C=C(/C)C1CC1)CNCC1CC1)C(=O)Nc1cccc(CC(Cl)CC)c1.CN(C=N)C=N. The summed E-state index contributed by atoms with van der Waals surface area (Å²) in [7, 11) is 1.62. The van der Waals surface area contributed by atoms with Crippen LogP contribution < -0.4 is 10.6 Å². The van der Waals surface area contributed by atoms with Crippen LogP contribution in [0.5, 0.6) is 0 Å². The minimum atomic E-state index is -0.165. The lowest BCUT2D eigenvalue weighted by Crippen LogP contribution is -2.20. The van der Waals surface area contributed by atoms with Crippen LogP contribution in [0.1, 0.15) is 51.5 Å². The predicted octanol–water partition coefficient (Wildman–Crippen LogP) is 6.16. The Kier molecular flexibility index (Phi) is 12.6. The quantitative estimate of drug-likeness (QED) is 0.0792. The average Bonchev–Trinajstić information content (AvgIpc) is 3.77. The lowest BCUT2D eigenvalue weighted by atomic mass is 10.1. The number of hydrogen-bond donors (Lipinski definition) is 4. The Labute approximate surface area is 221 Å². The van der Waals surface area contributed by atoms with Crippen LogP contribution in [0.4, 0.5) is 5.69 Å². The van der Waals surface area contributed by atoms with Crippen molar-refractivity contribution in [3.63, 3.8) is 0 Å². The Bertz CT molecular complexity index is 954. The molecule has 7 heteroatoms. The first-order chi connectivity index (χ1) is 17.2. The van der Waals surface area contributed by atoms with Crippen molar-refractivity contribution in [3.8, 4) is 0 Å². The number of allylic oxidation sites excluding steroid dienone is 1. The van der Waals surface area contributed by atoms with Crippen molar-refractivity contribution in [1.82, 2.24) is 10.2 Å². The first kappa shape index (κ1) is 29.5. The Morgan fingerprint density at radius 3 is 2.47 bits per heavy atom. The van der Waals surface area contributed by atoms with E-state index < -0.39 is 0 Å². The van der Waals surface area contributed by atoms with Gasteiger partial charge in [0.15, 0.2) is 0 Å². The van der Waals surface area contributed by atoms with Gasteiger partial charge >= 0.3 is 0 Å². The number of alkyl halides is 1. The van der Waals surface area contributed by atoms with Gasteiger partial charge in [0.05, 0.1) is 12.7 Å². The number of carbonyl (C=O) groups excluding carboxylic acids is 1. The van der Waals surface area contributed by atoms with E-state index in [1.54, 1.807) is 7.05 Å². The minimum absolute atomic E-state index is 0.112. The summed E-state index contributed by atoms with van der Waals surface area (Å²) in [5, 5.41) is 19.6. The van der Waals surface area contributed by atoms with E-state index in [4.69, 9.17) is 22.4 Å². The minimum Gasteiger partial charge on any atom is -0.327 e. The molecular formula is C29H42ClN5O. The fraction of sp³-hybridized carbons (Fsp3) is 0.483. The summed E-state index contributed by atoms with van der Waals surface area (Å²) < 4.78 is 0. The van der Waals surface area contributed by atoms with Crippen LogP contribution in [0.3, 0.4) is 0 Å². The molecule has 196 valence electrons. The molecule has 1 aromatic rings. The lowest BCUT2D eigenvalue weighted by molar-refractivity contribution is -0.112. The van der Waals surface area contributed by atoms with E-state index in [2.05, 4.69) is 37.1 Å². The number of anilines is 1. The van der Waals surface area contributed by atoms with Gasteiger partial charge in [0, 0.05) is 30.2 Å². The Balaban J connectivity index is 0.000000678. The van der Waals surface area contributed by atoms with Gasteiger partial charge in [-0.15, -0.1) is 11.6 Å². The van der Waals surface area contributed by atoms with E-state index in [-0.39, 0.29) is 11.3 Å². The maximum Gasteiger partial charge on any atom is 0.255 e. The van der Waals surface area contributed by atoms with Gasteiger partial charge in [0.1, 0.15) is 0 Å². The third-order valence-corrected chi connectivity index (χ3v) is 6.70. The largest absolute Gasteiger partial charge is 0.327 e. The summed E-state index contributed by atoms with van der Waals surface area (Å²) in [4.78, 5) is 14.1. The van der Waals surface area contributed by atoms with Crippen molar-refractivity contribution >= 4 is 35.9 Å². The van der Waals surface area contributed by atoms with Crippen molar-refractivity contribution in [2.45, 2.75) is 57.7 Å². The van der Waals surface area contributed by atoms with Crippen LogP contribution in [0.15, 0.2) is 59.7 Å². The molecule has 1 atom stereocenters. The Hall–Kier alpha value is -2.70. The summed E-state index contributed by atoms with van der Waals surface area (Å²) in [5.41, 5.74) is 4.92. The van der Waals surface area contributed by atoms with Crippen LogP contribution in [-0.4, -0.2) is 49.0 Å². The standard InChI is InChI=1S/C26H35ClN2O.C3H7N3/c1-4-24(27)14-21-6-5-7-25(15-21)29-26(30)19(3)13-22(12-18(2)23-10-11-23)17-28-16-20-8-9-20;1-6(2-4)3-5/h5-7,12-13,15,20,23-24,28H,3-4,8-11,14,16-17H2,1-2H3,(H,29,30);2-5H,1H3/b18-12+,22-13+;. The number of rotatable bonds is 14. The fourth-order valence-corrected chi connectivity index (χ4v) is 3.73. The first-order valence-corrected chi connectivity index (χ1v) is 13.2. The average molecular weight is 512 g/mol. The maximum atomic E-state index is 12.7. The molecule has 0 heterocycles. The van der Waals surface area contributed by atoms with Crippen molar-refractivity contribution in [2.75, 3.05) is 25.5 Å². The van der Waals surface area contributed by atoms with Crippen molar-refractivity contribution < 1.29 is 4.79 Å². The second-order valence-corrected chi connectivity index (χ2v) is 10.4. The normalized spacial score (nSPS) is 16.3. The molecule has 3 rings (SSSR count).